The first-order valence-electron chi connectivity index (χ1n) is 13.7. The summed E-state index contributed by atoms with van der Waals surface area (Å²) in [6, 6.07) is 17.4. The molecule has 228 valence electrons. The first kappa shape index (κ1) is 31.5. The Bertz CT molecular complexity index is 1790. The fraction of sp³-hybridized carbons (Fsp3) is 0.355. The van der Waals surface area contributed by atoms with Crippen LogP contribution < -0.4 is 22.1 Å². The molecule has 2 unspecified atom stereocenters. The summed E-state index contributed by atoms with van der Waals surface area (Å²) in [7, 11) is 0. The number of alkyl halides is 3. The number of nitrogens with zero attached hydrogens (tertiary/aromatic N) is 2. The molecule has 2 heterocycles. The molecule has 4 rings (SSSR count). The molecular formula is C31H33F3N4O5. The molecule has 4 aromatic rings. The van der Waals surface area contributed by atoms with Crippen molar-refractivity contribution in [2.75, 3.05) is 0 Å². The second-order valence-electron chi connectivity index (χ2n) is 11.4. The van der Waals surface area contributed by atoms with E-state index in [1.165, 1.54) is 19.9 Å². The number of hydrogen-bond acceptors (Lipinski definition) is 5. The van der Waals surface area contributed by atoms with Crippen LogP contribution in [0.1, 0.15) is 33.3 Å². The fourth-order valence-corrected chi connectivity index (χ4v) is 5.23. The number of nitrogens with one attached hydrogen (secondary N) is 2. The van der Waals surface area contributed by atoms with E-state index in [-0.39, 0.29) is 16.6 Å². The third kappa shape index (κ3) is 6.64. The lowest BCUT2D eigenvalue weighted by Gasteiger charge is -2.29. The van der Waals surface area contributed by atoms with Crippen LogP contribution in [0.5, 0.6) is 0 Å². The molecule has 0 aliphatic heterocycles. The van der Waals surface area contributed by atoms with Gasteiger partial charge in [-0.15, -0.1) is 0 Å². The van der Waals surface area contributed by atoms with Crippen molar-refractivity contribution in [3.05, 3.63) is 103 Å². The van der Waals surface area contributed by atoms with E-state index in [1.54, 1.807) is 44.2 Å². The summed E-state index contributed by atoms with van der Waals surface area (Å²) in [6.45, 7) is 5.54. The highest BCUT2D eigenvalue weighted by atomic mass is 19.4. The van der Waals surface area contributed by atoms with Crippen LogP contribution in [0.2, 0.25) is 0 Å². The molecule has 2 aromatic carbocycles. The molecule has 0 radical (unpaired) electrons. The van der Waals surface area contributed by atoms with Crippen molar-refractivity contribution in [1.82, 2.24) is 19.4 Å². The van der Waals surface area contributed by atoms with Crippen molar-refractivity contribution in [3.8, 4) is 11.3 Å². The molecule has 0 bridgehead atoms. The zero-order chi connectivity index (χ0) is 31.7. The van der Waals surface area contributed by atoms with Crippen LogP contribution in [-0.4, -0.2) is 43.5 Å². The van der Waals surface area contributed by atoms with Crippen molar-refractivity contribution < 1.29 is 23.1 Å². The van der Waals surface area contributed by atoms with Gasteiger partial charge in [0.1, 0.15) is 12.1 Å². The van der Waals surface area contributed by atoms with Crippen molar-refractivity contribution in [2.24, 2.45) is 5.92 Å². The van der Waals surface area contributed by atoms with E-state index in [4.69, 9.17) is 0 Å². The molecule has 0 saturated carbocycles. The Morgan fingerprint density at radius 2 is 1.53 bits per heavy atom. The number of carbonyl (C=O) groups is 1. The highest BCUT2D eigenvalue weighted by Crippen LogP contribution is 2.26. The van der Waals surface area contributed by atoms with Crippen LogP contribution in [0, 0.1) is 5.92 Å². The van der Waals surface area contributed by atoms with Gasteiger partial charge in [-0.05, 0) is 43.4 Å². The van der Waals surface area contributed by atoms with Gasteiger partial charge in [-0.1, -0.05) is 74.5 Å². The Labute approximate surface area is 244 Å². The first-order chi connectivity index (χ1) is 20.1. The maximum absolute atomic E-state index is 13.8. The minimum absolute atomic E-state index is 0.0891. The molecule has 0 saturated heterocycles. The summed E-state index contributed by atoms with van der Waals surface area (Å²) < 4.78 is 41.8. The topological polar surface area (TPSA) is 126 Å². The molecule has 9 nitrogen and oxygen atoms in total. The molecule has 0 aliphatic carbocycles. The lowest BCUT2D eigenvalue weighted by Crippen LogP contribution is -2.53. The molecule has 2 atom stereocenters. The average Bonchev–Trinajstić information content (AvgIpc) is 2.93. The Morgan fingerprint density at radius 1 is 0.953 bits per heavy atom. The fourth-order valence-electron chi connectivity index (χ4n) is 5.23. The number of fused-ring (bicyclic) bond motifs is 1. The Balaban J connectivity index is 1.86. The van der Waals surface area contributed by atoms with Crippen LogP contribution in [0.4, 0.5) is 13.2 Å². The van der Waals surface area contributed by atoms with Crippen molar-refractivity contribution in [3.63, 3.8) is 0 Å². The number of amides is 1. The zero-order valence-corrected chi connectivity index (χ0v) is 24.1. The van der Waals surface area contributed by atoms with Crippen molar-refractivity contribution >= 4 is 16.8 Å². The Hall–Kier alpha value is -4.45. The van der Waals surface area contributed by atoms with Gasteiger partial charge in [0, 0.05) is 0 Å². The highest BCUT2D eigenvalue weighted by Gasteiger charge is 2.45. The third-order valence-electron chi connectivity index (χ3n) is 7.35. The second-order valence-corrected chi connectivity index (χ2v) is 11.4. The second kappa shape index (κ2) is 12.0. The summed E-state index contributed by atoms with van der Waals surface area (Å²) >= 11 is 0. The number of aromatic nitrogens is 3. The highest BCUT2D eigenvalue weighted by molar-refractivity contribution is 5.83. The average molecular weight is 599 g/mol. The van der Waals surface area contributed by atoms with E-state index >= 15 is 0 Å². The van der Waals surface area contributed by atoms with E-state index in [0.29, 0.717) is 12.0 Å². The number of hydrogen-bond donors (Lipinski definition) is 3. The van der Waals surface area contributed by atoms with Gasteiger partial charge in [-0.25, -0.2) is 4.79 Å². The predicted molar refractivity (Wildman–Crippen MR) is 157 cm³/mol. The lowest BCUT2D eigenvalue weighted by molar-refractivity contribution is -0.215. The number of aliphatic hydroxyl groups is 1. The number of benzene rings is 2. The van der Waals surface area contributed by atoms with Gasteiger partial charge in [-0.3, -0.25) is 23.5 Å². The summed E-state index contributed by atoms with van der Waals surface area (Å²) in [5.74, 6) is -1.77. The SMILES string of the molecule is CC(C)C(NC(=O)Cn1c(-c2ccccc2)cc2c(=O)n(C(C)(C)Cc3ccccc3)c(=O)[nH]c2c1=O)C(O)C(F)(F)F. The van der Waals surface area contributed by atoms with Crippen molar-refractivity contribution in [2.45, 2.75) is 64.5 Å². The number of rotatable bonds is 9. The summed E-state index contributed by atoms with van der Waals surface area (Å²) in [5, 5.41) is 11.9. The number of aliphatic hydroxyl groups excluding tert-OH is 1. The van der Waals surface area contributed by atoms with Crippen LogP contribution in [-0.2, 0) is 23.3 Å². The van der Waals surface area contributed by atoms with E-state index in [2.05, 4.69) is 10.3 Å². The van der Waals surface area contributed by atoms with Gasteiger partial charge in [0.15, 0.2) is 6.10 Å². The molecule has 3 N–H and O–H groups in total. The van der Waals surface area contributed by atoms with Gasteiger partial charge in [0.2, 0.25) is 5.91 Å². The quantitative estimate of drug-likeness (QED) is 0.272. The van der Waals surface area contributed by atoms with Crippen LogP contribution in [0.15, 0.2) is 81.1 Å². The maximum Gasteiger partial charge on any atom is 0.416 e. The van der Waals surface area contributed by atoms with Gasteiger partial charge in [0.05, 0.1) is 22.7 Å². The van der Waals surface area contributed by atoms with E-state index in [9.17, 15) is 37.5 Å². The molecule has 2 aromatic heterocycles. The van der Waals surface area contributed by atoms with E-state index in [1.807, 2.05) is 30.3 Å². The number of carbonyl (C=O) groups excluding carboxylic acids is 1. The minimum atomic E-state index is -4.98. The van der Waals surface area contributed by atoms with E-state index < -0.39 is 59.0 Å². The first-order valence-corrected chi connectivity index (χ1v) is 13.7. The third-order valence-corrected chi connectivity index (χ3v) is 7.35. The molecular weight excluding hydrogens is 565 g/mol. The van der Waals surface area contributed by atoms with Gasteiger partial charge in [0.25, 0.3) is 11.1 Å². The van der Waals surface area contributed by atoms with Gasteiger partial charge in [-0.2, -0.15) is 13.2 Å². The molecule has 0 spiro atoms. The molecule has 0 aliphatic rings. The summed E-state index contributed by atoms with van der Waals surface area (Å²) in [5.41, 5.74) is -2.27. The van der Waals surface area contributed by atoms with Crippen molar-refractivity contribution in [1.29, 1.82) is 0 Å². The summed E-state index contributed by atoms with van der Waals surface area (Å²) in [4.78, 5) is 56.4. The van der Waals surface area contributed by atoms with Gasteiger partial charge < -0.3 is 15.4 Å². The largest absolute Gasteiger partial charge is 0.416 e. The van der Waals surface area contributed by atoms with Crippen LogP contribution >= 0.6 is 0 Å². The zero-order valence-electron chi connectivity index (χ0n) is 24.1. The number of aromatic amines is 1. The standard InChI is InChI=1S/C31H33F3N4O5/c1-18(2)24(26(40)31(32,33)34)35-23(39)17-37-22(20-13-9-6-10-14-20)15-21-25(28(37)42)36-29(43)38(27(21)41)30(3,4)16-19-11-7-5-8-12-19/h5-15,18,24,26,40H,16-17H2,1-4H3,(H,35,39)(H,36,43). The monoisotopic (exact) mass is 598 g/mol. The normalized spacial score (nSPS) is 13.7. The Morgan fingerprint density at radius 3 is 2.09 bits per heavy atom. The number of halogens is 3. The molecule has 43 heavy (non-hydrogen) atoms. The minimum Gasteiger partial charge on any atom is -0.382 e. The lowest BCUT2D eigenvalue weighted by atomic mass is 9.94. The van der Waals surface area contributed by atoms with Crippen LogP contribution in [0.25, 0.3) is 22.2 Å². The molecule has 1 amide bonds. The summed E-state index contributed by atoms with van der Waals surface area (Å²) in [6.07, 6.45) is -7.47. The number of H-pyrrole nitrogens is 1. The van der Waals surface area contributed by atoms with Crippen LogP contribution in [0.3, 0.4) is 0 Å². The maximum atomic E-state index is 13.8. The molecule has 12 heteroatoms. The van der Waals surface area contributed by atoms with Gasteiger partial charge >= 0.3 is 11.9 Å². The number of pyridine rings is 1. The Kier molecular flexibility index (Phi) is 8.82. The predicted octanol–water partition coefficient (Wildman–Crippen LogP) is 3.56. The molecule has 0 fully saturated rings. The smallest absolute Gasteiger partial charge is 0.382 e. The van der Waals surface area contributed by atoms with E-state index in [0.717, 1.165) is 14.7 Å².